The first-order valence-electron chi connectivity index (χ1n) is 5.50. The van der Waals surface area contributed by atoms with Gasteiger partial charge in [-0.3, -0.25) is 0 Å². The number of nitrogens with zero attached hydrogens (tertiary/aromatic N) is 2. The first kappa shape index (κ1) is 12.2. The Morgan fingerprint density at radius 1 is 1.53 bits per heavy atom. The molecule has 5 nitrogen and oxygen atoms in total. The molecule has 0 fully saturated rings. The van der Waals surface area contributed by atoms with Crippen LogP contribution in [0.2, 0.25) is 0 Å². The molecule has 1 unspecified atom stereocenters. The number of anilines is 1. The molecular weight excluding hydrogens is 283 g/mol. The molecule has 0 aliphatic carbocycles. The first-order chi connectivity index (χ1) is 8.22. The molecule has 0 saturated heterocycles. The van der Waals surface area contributed by atoms with Crippen LogP contribution in [0.25, 0.3) is 11.0 Å². The summed E-state index contributed by atoms with van der Waals surface area (Å²) < 4.78 is 8.56. The first-order valence-corrected chi connectivity index (χ1v) is 7.03. The van der Waals surface area contributed by atoms with Crippen LogP contribution in [0.3, 0.4) is 0 Å². The second kappa shape index (κ2) is 5.40. The van der Waals surface area contributed by atoms with Crippen molar-refractivity contribution in [2.45, 2.75) is 25.8 Å². The maximum absolute atomic E-state index is 11.8. The molecule has 2 aromatic rings. The summed E-state index contributed by atoms with van der Waals surface area (Å²) in [5.74, 6) is -0.158. The summed E-state index contributed by atoms with van der Waals surface area (Å²) in [5, 5.41) is 2.82. The van der Waals surface area contributed by atoms with Crippen LogP contribution in [-0.2, 0) is 4.79 Å². The Hall–Kier alpha value is -1.23. The van der Waals surface area contributed by atoms with E-state index in [-0.39, 0.29) is 20.9 Å². The number of carbonyl (C=O) groups is 1. The number of amides is 1. The molecule has 1 aromatic carbocycles. The predicted molar refractivity (Wildman–Crippen MR) is 68.0 cm³/mol. The quantitative estimate of drug-likeness (QED) is 0.816. The van der Waals surface area contributed by atoms with E-state index in [1.165, 1.54) is 0 Å². The van der Waals surface area contributed by atoms with Gasteiger partial charge in [-0.05, 0) is 0 Å². The average molecular weight is 297 g/mol. The molecule has 1 heterocycles. The van der Waals surface area contributed by atoms with Gasteiger partial charge in [0.05, 0.1) is 0 Å². The van der Waals surface area contributed by atoms with Crippen molar-refractivity contribution in [3.8, 4) is 0 Å². The molecule has 1 amide bonds. The van der Waals surface area contributed by atoms with Crippen molar-refractivity contribution >= 4 is 37.6 Å². The zero-order chi connectivity index (χ0) is 12.3. The van der Waals surface area contributed by atoms with E-state index in [0.717, 1.165) is 17.5 Å². The Kier molecular flexibility index (Phi) is 3.89. The van der Waals surface area contributed by atoms with Gasteiger partial charge in [0, 0.05) is 0 Å². The molecule has 0 aliphatic rings. The van der Waals surface area contributed by atoms with Gasteiger partial charge in [-0.15, -0.1) is 0 Å². The van der Waals surface area contributed by atoms with E-state index < -0.39 is 6.04 Å². The Labute approximate surface area is 106 Å². The van der Waals surface area contributed by atoms with E-state index in [2.05, 4.69) is 13.3 Å². The van der Waals surface area contributed by atoms with Gasteiger partial charge in [0.25, 0.3) is 0 Å². The molecule has 2 rings (SSSR count). The summed E-state index contributed by atoms with van der Waals surface area (Å²) in [7, 11) is 0. The van der Waals surface area contributed by atoms with Crippen molar-refractivity contribution in [2.75, 3.05) is 5.32 Å². The second-order valence-electron chi connectivity index (χ2n) is 3.82. The van der Waals surface area contributed by atoms with Crippen LogP contribution in [0.4, 0.5) is 5.69 Å². The summed E-state index contributed by atoms with van der Waals surface area (Å²) in [6.07, 6.45) is 1.58. The predicted octanol–water partition coefficient (Wildman–Crippen LogP) is 0.753. The molecule has 0 saturated carbocycles. The van der Waals surface area contributed by atoms with Gasteiger partial charge in [-0.25, -0.2) is 0 Å². The third-order valence-electron chi connectivity index (χ3n) is 2.48. The van der Waals surface area contributed by atoms with E-state index in [1.807, 2.05) is 25.1 Å². The van der Waals surface area contributed by atoms with Crippen molar-refractivity contribution in [1.29, 1.82) is 0 Å². The number of rotatable bonds is 4. The number of carbonyl (C=O) groups excluding carboxylic acids is 1. The van der Waals surface area contributed by atoms with Crippen LogP contribution in [0.1, 0.15) is 19.8 Å². The summed E-state index contributed by atoms with van der Waals surface area (Å²) in [6.45, 7) is 2.00. The number of hydrogen-bond acceptors (Lipinski definition) is 4. The second-order valence-corrected chi connectivity index (χ2v) is 4.93. The number of benzene rings is 1. The summed E-state index contributed by atoms with van der Waals surface area (Å²) in [5.41, 5.74) is 8.10. The molecule has 1 aromatic heterocycles. The van der Waals surface area contributed by atoms with Crippen molar-refractivity contribution in [1.82, 2.24) is 7.96 Å². The van der Waals surface area contributed by atoms with Crippen molar-refractivity contribution < 1.29 is 4.79 Å². The number of nitrogens with two attached hydrogens (primary N) is 1. The Morgan fingerprint density at radius 3 is 3.12 bits per heavy atom. The van der Waals surface area contributed by atoms with Crippen LogP contribution in [-0.4, -0.2) is 34.9 Å². The standard InChI is InChI=1S/C11H14N4OSe/c1-2-4-7(12)11(16)13-8-5-3-6-9-10(8)15-17-14-9/h3,5-7H,2,4,12H2,1H3,(H,13,16). The molecule has 6 heteroatoms. The monoisotopic (exact) mass is 298 g/mol. The summed E-state index contributed by atoms with van der Waals surface area (Å²) in [6, 6.07) is 5.13. The topological polar surface area (TPSA) is 80.9 Å². The molecule has 1 atom stereocenters. The van der Waals surface area contributed by atoms with Gasteiger partial charge in [-0.2, -0.15) is 0 Å². The van der Waals surface area contributed by atoms with Crippen LogP contribution >= 0.6 is 0 Å². The zero-order valence-corrected chi connectivity index (χ0v) is 11.2. The normalized spacial score (nSPS) is 12.6. The average Bonchev–Trinajstić information content (AvgIpc) is 2.78. The molecule has 90 valence electrons. The van der Waals surface area contributed by atoms with E-state index >= 15 is 0 Å². The van der Waals surface area contributed by atoms with E-state index in [4.69, 9.17) is 5.73 Å². The van der Waals surface area contributed by atoms with E-state index in [0.29, 0.717) is 12.1 Å². The van der Waals surface area contributed by atoms with E-state index in [9.17, 15) is 4.79 Å². The summed E-state index contributed by atoms with van der Waals surface area (Å²) >= 11 is -0.0886. The fourth-order valence-corrected chi connectivity index (χ4v) is 2.73. The Morgan fingerprint density at radius 2 is 2.35 bits per heavy atom. The third kappa shape index (κ3) is 2.72. The van der Waals surface area contributed by atoms with Gasteiger partial charge < -0.3 is 0 Å². The number of aromatic nitrogens is 2. The molecule has 3 N–H and O–H groups in total. The van der Waals surface area contributed by atoms with Gasteiger partial charge in [0.2, 0.25) is 0 Å². The Bertz CT molecular complexity index is 525. The van der Waals surface area contributed by atoms with Crippen LogP contribution in [0, 0.1) is 0 Å². The van der Waals surface area contributed by atoms with Gasteiger partial charge in [0.15, 0.2) is 0 Å². The molecule has 0 aliphatic heterocycles. The molecule has 17 heavy (non-hydrogen) atoms. The van der Waals surface area contributed by atoms with E-state index in [1.54, 1.807) is 0 Å². The number of hydrogen-bond donors (Lipinski definition) is 2. The van der Waals surface area contributed by atoms with Crippen molar-refractivity contribution in [3.05, 3.63) is 18.2 Å². The van der Waals surface area contributed by atoms with Crippen LogP contribution < -0.4 is 11.1 Å². The van der Waals surface area contributed by atoms with Gasteiger partial charge in [-0.1, -0.05) is 0 Å². The third-order valence-corrected chi connectivity index (χ3v) is 3.62. The van der Waals surface area contributed by atoms with Crippen LogP contribution in [0.5, 0.6) is 0 Å². The fourth-order valence-electron chi connectivity index (χ4n) is 1.57. The minimum atomic E-state index is -0.459. The number of nitrogens with one attached hydrogen (secondary N) is 1. The SMILES string of the molecule is CCCC(N)C(=O)Nc1cccc2n[se]nc12. The van der Waals surface area contributed by atoms with Gasteiger partial charge in [0.1, 0.15) is 0 Å². The van der Waals surface area contributed by atoms with Crippen LogP contribution in [0.15, 0.2) is 18.2 Å². The number of fused-ring (bicyclic) bond motifs is 1. The molecule has 0 spiro atoms. The summed E-state index contributed by atoms with van der Waals surface area (Å²) in [4.78, 5) is 11.8. The van der Waals surface area contributed by atoms with Crippen molar-refractivity contribution in [2.24, 2.45) is 5.73 Å². The minimum absolute atomic E-state index is 0.0886. The van der Waals surface area contributed by atoms with Crippen molar-refractivity contribution in [3.63, 3.8) is 0 Å². The maximum atomic E-state index is 11.8. The zero-order valence-electron chi connectivity index (χ0n) is 9.51. The molecular formula is C11H14N4OSe. The fraction of sp³-hybridized carbons (Fsp3) is 0.364. The van der Waals surface area contributed by atoms with Gasteiger partial charge >= 0.3 is 105 Å². The molecule has 0 radical (unpaired) electrons. The Balaban J connectivity index is 2.18. The molecule has 0 bridgehead atoms.